The summed E-state index contributed by atoms with van der Waals surface area (Å²) >= 11 is 1.92. The first-order valence-electron chi connectivity index (χ1n) is 24.0. The van der Waals surface area contributed by atoms with Crippen LogP contribution in [0.25, 0.3) is 0 Å². The summed E-state index contributed by atoms with van der Waals surface area (Å²) in [6.45, 7) is 14.0. The Hall–Kier alpha value is -5.76. The highest BCUT2D eigenvalue weighted by atomic mass is 32.2. The number of hydrogen-bond donors (Lipinski definition) is 7. The molecule has 1 aliphatic heterocycles. The molecule has 2 unspecified atom stereocenters. The number of unbranched alkanes of at least 4 members (excludes halogenated alkanes) is 1. The summed E-state index contributed by atoms with van der Waals surface area (Å²) in [6, 6.07) is 15.0. The number of nitrogens with zero attached hydrogens (tertiary/aromatic N) is 2. The van der Waals surface area contributed by atoms with E-state index in [1.54, 1.807) is 25.3 Å². The third kappa shape index (κ3) is 23.9. The second-order valence-electron chi connectivity index (χ2n) is 16.7. The Kier molecular flexibility index (Phi) is 26.6. The average molecular weight is 976 g/mol. The third-order valence-corrected chi connectivity index (χ3v) is 12.6. The zero-order chi connectivity index (χ0) is 49.5. The van der Waals surface area contributed by atoms with Gasteiger partial charge in [0.05, 0.1) is 33.0 Å². The van der Waals surface area contributed by atoms with Crippen LogP contribution in [0.4, 0.5) is 28.8 Å². The maximum atomic E-state index is 12.3. The molecule has 378 valence electrons. The molecule has 19 heteroatoms. The molecule has 0 saturated carbocycles. The molecule has 3 aromatic rings. The summed E-state index contributed by atoms with van der Waals surface area (Å²) in [7, 11) is 0. The molecule has 2 aromatic carbocycles. The van der Waals surface area contributed by atoms with Crippen molar-refractivity contribution in [2.45, 2.75) is 96.3 Å². The fourth-order valence-corrected chi connectivity index (χ4v) is 8.81. The molecule has 0 bridgehead atoms. The van der Waals surface area contributed by atoms with Gasteiger partial charge in [0.1, 0.15) is 11.6 Å². The normalized spacial score (nSPS) is 15.1. The van der Waals surface area contributed by atoms with Crippen molar-refractivity contribution >= 4 is 70.1 Å². The molecular formula is C50H73N9O9S. The Labute approximate surface area is 411 Å². The number of benzene rings is 2. The Balaban J connectivity index is 0.904. The third-order valence-electron chi connectivity index (χ3n) is 10.9. The molecule has 5 amide bonds. The number of thioether (sulfide) groups is 1. The van der Waals surface area contributed by atoms with Crippen LogP contribution >= 0.6 is 11.8 Å². The van der Waals surface area contributed by atoms with Crippen LogP contribution in [0, 0.1) is 12.8 Å². The number of nitrogens with one attached hydrogen (secondary N) is 7. The number of carbonyl (C=O) groups is 5. The largest absolute Gasteiger partial charge is 0.493 e. The van der Waals surface area contributed by atoms with Crippen molar-refractivity contribution in [2.24, 2.45) is 5.92 Å². The van der Waals surface area contributed by atoms with Gasteiger partial charge in [-0.25, -0.2) is 4.98 Å². The number of anilines is 5. The molecule has 1 fully saturated rings. The van der Waals surface area contributed by atoms with Gasteiger partial charge in [-0.05, 0) is 87.8 Å². The van der Waals surface area contributed by atoms with Gasteiger partial charge in [0.25, 0.3) is 0 Å². The highest BCUT2D eigenvalue weighted by Crippen LogP contribution is 2.35. The van der Waals surface area contributed by atoms with Gasteiger partial charge >= 0.3 is 0 Å². The van der Waals surface area contributed by atoms with E-state index in [0.29, 0.717) is 126 Å². The van der Waals surface area contributed by atoms with Gasteiger partial charge in [0, 0.05) is 111 Å². The number of amides is 5. The SMILES string of the molecule is C=CC(=O)Nc1cccc(Nc2nc(Nc3cccc(OCCCNC(=O)CCCC(=O)NCCCOCCOCCOCCCNC(=O)CCCC[C@@H]4SCC(NC(C)=O)C4C)c3)ncc2C)c1. The molecule has 3 atom stereocenters. The van der Waals surface area contributed by atoms with Crippen molar-refractivity contribution < 1.29 is 42.9 Å². The van der Waals surface area contributed by atoms with Crippen molar-refractivity contribution in [3.63, 3.8) is 0 Å². The monoisotopic (exact) mass is 976 g/mol. The average Bonchev–Trinajstić information content (AvgIpc) is 3.66. The summed E-state index contributed by atoms with van der Waals surface area (Å²) in [5.74, 6) is 2.67. The van der Waals surface area contributed by atoms with Crippen LogP contribution in [0.5, 0.6) is 5.75 Å². The first kappa shape index (κ1) is 55.8. The molecule has 4 rings (SSSR count). The van der Waals surface area contributed by atoms with E-state index in [1.165, 1.54) is 6.08 Å². The zero-order valence-corrected chi connectivity index (χ0v) is 41.4. The number of aromatic nitrogens is 2. The topological polar surface area (TPSA) is 232 Å². The Bertz CT molecular complexity index is 2060. The molecule has 1 saturated heterocycles. The fourth-order valence-electron chi connectivity index (χ4n) is 7.14. The lowest BCUT2D eigenvalue weighted by Gasteiger charge is -2.20. The minimum Gasteiger partial charge on any atom is -0.493 e. The van der Waals surface area contributed by atoms with Crippen LogP contribution in [-0.4, -0.2) is 122 Å². The summed E-state index contributed by atoms with van der Waals surface area (Å²) in [5.41, 5.74) is 2.94. The van der Waals surface area contributed by atoms with Crippen molar-refractivity contribution in [2.75, 3.05) is 87.6 Å². The van der Waals surface area contributed by atoms with E-state index in [1.807, 2.05) is 55.1 Å². The highest BCUT2D eigenvalue weighted by molar-refractivity contribution is 8.00. The van der Waals surface area contributed by atoms with Crippen LogP contribution in [0.15, 0.2) is 67.4 Å². The molecule has 1 aromatic heterocycles. The summed E-state index contributed by atoms with van der Waals surface area (Å²) in [5, 5.41) is 21.5. The van der Waals surface area contributed by atoms with Crippen molar-refractivity contribution in [1.82, 2.24) is 31.2 Å². The molecular weight excluding hydrogens is 903 g/mol. The number of aryl methyl sites for hydroxylation is 1. The maximum Gasteiger partial charge on any atom is 0.247 e. The number of carbonyl (C=O) groups excluding carboxylic acids is 5. The van der Waals surface area contributed by atoms with E-state index >= 15 is 0 Å². The minimum atomic E-state index is -0.296. The zero-order valence-electron chi connectivity index (χ0n) is 40.5. The van der Waals surface area contributed by atoms with Crippen LogP contribution in [0.1, 0.15) is 83.6 Å². The van der Waals surface area contributed by atoms with E-state index in [2.05, 4.69) is 60.7 Å². The summed E-state index contributed by atoms with van der Waals surface area (Å²) in [6.07, 6.45) is 9.42. The predicted molar refractivity (Wildman–Crippen MR) is 271 cm³/mol. The minimum absolute atomic E-state index is 0.0298. The standard InChI is InChI=1S/C50H73N9O9S/c1-5-45(61)56-39-14-8-15-40(32-39)57-49-36(2)34-54-50(59-49)58-41-16-9-17-42(33-41)68-27-13-24-53-48(64)21-10-20-47(63)52-23-12-26-66-29-31-67-30-28-65-25-11-22-51-46(62)19-7-6-18-44-37(3)43(35-69-44)55-38(4)60/h5,8-9,14-17,32-34,37,43-44H,1,6-7,10-13,18-31,35H2,2-4H3,(H,51,62)(H,52,63)(H,53,64)(H,55,60)(H,56,61)(H2,54,57,58,59)/t37?,43?,44-/m0/s1. The Morgan fingerprint density at radius 2 is 1.30 bits per heavy atom. The number of rotatable bonds is 35. The lowest BCUT2D eigenvalue weighted by molar-refractivity contribution is -0.123. The molecule has 1 aliphatic rings. The summed E-state index contributed by atoms with van der Waals surface area (Å²) < 4.78 is 22.6. The number of hydrogen-bond acceptors (Lipinski definition) is 14. The molecule has 0 aliphatic carbocycles. The van der Waals surface area contributed by atoms with Crippen LogP contribution in [0.2, 0.25) is 0 Å². The Morgan fingerprint density at radius 3 is 1.94 bits per heavy atom. The van der Waals surface area contributed by atoms with Crippen molar-refractivity contribution in [3.8, 4) is 5.75 Å². The van der Waals surface area contributed by atoms with Gasteiger partial charge in [0.2, 0.25) is 35.5 Å². The van der Waals surface area contributed by atoms with Gasteiger partial charge < -0.3 is 56.2 Å². The molecule has 7 N–H and O–H groups in total. The lowest BCUT2D eigenvalue weighted by Crippen LogP contribution is -2.38. The smallest absolute Gasteiger partial charge is 0.247 e. The predicted octanol–water partition coefficient (Wildman–Crippen LogP) is 6.33. The first-order valence-corrected chi connectivity index (χ1v) is 25.1. The van der Waals surface area contributed by atoms with Crippen LogP contribution in [0.3, 0.4) is 0 Å². The maximum absolute atomic E-state index is 12.3. The summed E-state index contributed by atoms with van der Waals surface area (Å²) in [4.78, 5) is 68.8. The van der Waals surface area contributed by atoms with E-state index < -0.39 is 0 Å². The van der Waals surface area contributed by atoms with E-state index in [9.17, 15) is 24.0 Å². The first-order chi connectivity index (χ1) is 33.5. The highest BCUT2D eigenvalue weighted by Gasteiger charge is 2.33. The van der Waals surface area contributed by atoms with E-state index in [0.717, 1.165) is 48.4 Å². The quantitative estimate of drug-likeness (QED) is 0.0252. The Morgan fingerprint density at radius 1 is 0.725 bits per heavy atom. The molecule has 2 heterocycles. The second kappa shape index (κ2) is 32.9. The fraction of sp³-hybridized carbons (Fsp3) is 0.540. The molecule has 0 spiro atoms. The van der Waals surface area contributed by atoms with Crippen molar-refractivity contribution in [1.29, 1.82) is 0 Å². The van der Waals surface area contributed by atoms with Crippen molar-refractivity contribution in [3.05, 3.63) is 72.9 Å². The molecule has 69 heavy (non-hydrogen) atoms. The van der Waals surface area contributed by atoms with Gasteiger partial charge in [-0.1, -0.05) is 32.1 Å². The van der Waals surface area contributed by atoms with Crippen LogP contribution < -0.4 is 42.0 Å². The van der Waals surface area contributed by atoms with Gasteiger partial charge in [-0.3, -0.25) is 24.0 Å². The van der Waals surface area contributed by atoms with Gasteiger partial charge in [-0.15, -0.1) is 0 Å². The molecule has 18 nitrogen and oxygen atoms in total. The van der Waals surface area contributed by atoms with Crippen LogP contribution in [-0.2, 0) is 38.2 Å². The van der Waals surface area contributed by atoms with E-state index in [-0.39, 0.29) is 48.4 Å². The molecule has 0 radical (unpaired) electrons. The number of ether oxygens (including phenoxy) is 4. The van der Waals surface area contributed by atoms with E-state index in [4.69, 9.17) is 18.9 Å². The van der Waals surface area contributed by atoms with Gasteiger partial charge in [0.15, 0.2) is 0 Å². The van der Waals surface area contributed by atoms with Gasteiger partial charge in [-0.2, -0.15) is 16.7 Å². The lowest BCUT2D eigenvalue weighted by atomic mass is 9.96. The second-order valence-corrected chi connectivity index (χ2v) is 18.0.